The molecule has 3 rings (SSSR count). The first kappa shape index (κ1) is 13.9. The molecule has 4 heteroatoms. The summed E-state index contributed by atoms with van der Waals surface area (Å²) in [6.07, 6.45) is 2.84. The number of carbonyl (C=O) groups excluding carboxylic acids is 1. The predicted octanol–water partition coefficient (Wildman–Crippen LogP) is 3.53. The Hall–Kier alpha value is -1.06. The van der Waals surface area contributed by atoms with E-state index in [1.807, 2.05) is 6.07 Å². The van der Waals surface area contributed by atoms with Crippen molar-refractivity contribution in [3.05, 3.63) is 28.3 Å². The molecule has 1 heterocycles. The smallest absolute Gasteiger partial charge is 0.228 e. The van der Waals surface area contributed by atoms with Crippen LogP contribution in [0.15, 0.2) is 12.1 Å². The van der Waals surface area contributed by atoms with Gasteiger partial charge in [-0.25, -0.2) is 0 Å². The first-order valence-corrected chi connectivity index (χ1v) is 7.83. The van der Waals surface area contributed by atoms with Gasteiger partial charge in [0.25, 0.3) is 0 Å². The lowest BCUT2D eigenvalue weighted by Crippen LogP contribution is -2.24. The summed E-state index contributed by atoms with van der Waals surface area (Å²) in [6, 6.07) is 4.34. The van der Waals surface area contributed by atoms with Gasteiger partial charge in [0.15, 0.2) is 0 Å². The number of anilines is 1. The first-order chi connectivity index (χ1) is 9.60. The molecule has 1 saturated carbocycles. The molecule has 1 aliphatic carbocycles. The van der Waals surface area contributed by atoms with Gasteiger partial charge < -0.3 is 10.6 Å². The van der Waals surface area contributed by atoms with Crippen molar-refractivity contribution in [2.45, 2.75) is 39.2 Å². The number of amides is 1. The number of carbonyl (C=O) groups is 1. The van der Waals surface area contributed by atoms with Crippen LogP contribution in [0.25, 0.3) is 0 Å². The summed E-state index contributed by atoms with van der Waals surface area (Å²) < 4.78 is 0. The zero-order chi connectivity index (χ0) is 14.3. The molecule has 0 saturated heterocycles. The summed E-state index contributed by atoms with van der Waals surface area (Å²) in [4.78, 5) is 11.5. The largest absolute Gasteiger partial charge is 0.325 e. The van der Waals surface area contributed by atoms with Crippen LogP contribution in [0, 0.1) is 11.8 Å². The number of rotatable bonds is 5. The van der Waals surface area contributed by atoms with Gasteiger partial charge in [0, 0.05) is 16.8 Å². The minimum Gasteiger partial charge on any atom is -0.325 e. The standard InChI is InChI=1S/C16H21ClN2O/c1-3-4-18-16(11-5-9(11)2)12-6-10-7-15(20)19-14(10)8-13(12)17/h6,8-9,11,16,18H,3-5,7H2,1-2H3,(H,19,20). The van der Waals surface area contributed by atoms with E-state index in [0.29, 0.717) is 18.4 Å². The Morgan fingerprint density at radius 2 is 2.25 bits per heavy atom. The molecule has 1 aliphatic heterocycles. The van der Waals surface area contributed by atoms with E-state index in [9.17, 15) is 4.79 Å². The summed E-state index contributed by atoms with van der Waals surface area (Å²) >= 11 is 6.46. The van der Waals surface area contributed by atoms with Crippen molar-refractivity contribution < 1.29 is 4.79 Å². The van der Waals surface area contributed by atoms with Crippen LogP contribution in [0.5, 0.6) is 0 Å². The SMILES string of the molecule is CCCNC(c1cc2c(cc1Cl)NC(=O)C2)C1CC1C. The van der Waals surface area contributed by atoms with Gasteiger partial charge in [-0.3, -0.25) is 4.79 Å². The zero-order valence-electron chi connectivity index (χ0n) is 12.0. The molecule has 0 aromatic heterocycles. The fraction of sp³-hybridized carbons (Fsp3) is 0.562. The molecule has 20 heavy (non-hydrogen) atoms. The average Bonchev–Trinajstić information content (AvgIpc) is 2.99. The highest BCUT2D eigenvalue weighted by atomic mass is 35.5. The van der Waals surface area contributed by atoms with E-state index >= 15 is 0 Å². The van der Waals surface area contributed by atoms with Crippen LogP contribution in [-0.4, -0.2) is 12.5 Å². The third-order valence-electron chi connectivity index (χ3n) is 4.40. The molecule has 108 valence electrons. The summed E-state index contributed by atoms with van der Waals surface area (Å²) in [6.45, 7) is 5.46. The third-order valence-corrected chi connectivity index (χ3v) is 4.72. The third kappa shape index (κ3) is 2.57. The number of hydrogen-bond donors (Lipinski definition) is 2. The van der Waals surface area contributed by atoms with Gasteiger partial charge in [0.05, 0.1) is 6.42 Å². The zero-order valence-corrected chi connectivity index (χ0v) is 12.8. The van der Waals surface area contributed by atoms with Crippen LogP contribution in [0.2, 0.25) is 5.02 Å². The normalized spacial score (nSPS) is 25.2. The maximum Gasteiger partial charge on any atom is 0.228 e. The van der Waals surface area contributed by atoms with E-state index in [-0.39, 0.29) is 5.91 Å². The van der Waals surface area contributed by atoms with E-state index in [2.05, 4.69) is 30.5 Å². The second-order valence-corrected chi connectivity index (χ2v) is 6.47. The molecule has 0 bridgehead atoms. The van der Waals surface area contributed by atoms with E-state index in [4.69, 9.17) is 11.6 Å². The number of nitrogens with one attached hydrogen (secondary N) is 2. The molecule has 0 spiro atoms. The highest BCUT2D eigenvalue weighted by molar-refractivity contribution is 6.32. The van der Waals surface area contributed by atoms with Crippen LogP contribution in [0.4, 0.5) is 5.69 Å². The quantitative estimate of drug-likeness (QED) is 0.872. The summed E-state index contributed by atoms with van der Waals surface area (Å²) in [5, 5.41) is 7.25. The number of benzene rings is 1. The van der Waals surface area contributed by atoms with E-state index in [0.717, 1.165) is 40.7 Å². The first-order valence-electron chi connectivity index (χ1n) is 7.45. The second kappa shape index (κ2) is 5.38. The Morgan fingerprint density at radius 1 is 1.50 bits per heavy atom. The summed E-state index contributed by atoms with van der Waals surface area (Å²) in [5.41, 5.74) is 3.11. The van der Waals surface area contributed by atoms with E-state index < -0.39 is 0 Å². The monoisotopic (exact) mass is 292 g/mol. The van der Waals surface area contributed by atoms with Crippen molar-refractivity contribution >= 4 is 23.2 Å². The van der Waals surface area contributed by atoms with Crippen molar-refractivity contribution in [2.75, 3.05) is 11.9 Å². The number of halogens is 1. The Morgan fingerprint density at radius 3 is 2.90 bits per heavy atom. The lowest BCUT2D eigenvalue weighted by atomic mass is 9.97. The lowest BCUT2D eigenvalue weighted by Gasteiger charge is -2.21. The van der Waals surface area contributed by atoms with Gasteiger partial charge in [0.1, 0.15) is 0 Å². The van der Waals surface area contributed by atoms with Gasteiger partial charge >= 0.3 is 0 Å². The maximum absolute atomic E-state index is 11.5. The highest BCUT2D eigenvalue weighted by Gasteiger charge is 2.41. The molecular weight excluding hydrogens is 272 g/mol. The molecule has 1 aromatic carbocycles. The molecule has 2 aliphatic rings. The van der Waals surface area contributed by atoms with E-state index in [1.165, 1.54) is 6.42 Å². The van der Waals surface area contributed by atoms with Crippen LogP contribution in [0.3, 0.4) is 0 Å². The molecule has 1 amide bonds. The fourth-order valence-electron chi connectivity index (χ4n) is 3.11. The molecule has 3 nitrogen and oxygen atoms in total. The van der Waals surface area contributed by atoms with Crippen LogP contribution >= 0.6 is 11.6 Å². The topological polar surface area (TPSA) is 41.1 Å². The average molecular weight is 293 g/mol. The maximum atomic E-state index is 11.5. The number of hydrogen-bond acceptors (Lipinski definition) is 2. The van der Waals surface area contributed by atoms with Gasteiger partial charge in [-0.2, -0.15) is 0 Å². The molecular formula is C16H21ClN2O. The van der Waals surface area contributed by atoms with Crippen molar-refractivity contribution in [3.63, 3.8) is 0 Å². The van der Waals surface area contributed by atoms with Crippen molar-refractivity contribution in [1.29, 1.82) is 0 Å². The Kier molecular flexibility index (Phi) is 3.74. The summed E-state index contributed by atoms with van der Waals surface area (Å²) in [5.74, 6) is 1.49. The fourth-order valence-corrected chi connectivity index (χ4v) is 3.39. The Bertz CT molecular complexity index is 544. The molecule has 3 unspecified atom stereocenters. The van der Waals surface area contributed by atoms with Crippen LogP contribution < -0.4 is 10.6 Å². The highest BCUT2D eigenvalue weighted by Crippen LogP contribution is 2.49. The minimum atomic E-state index is 0.0612. The Balaban J connectivity index is 1.90. The van der Waals surface area contributed by atoms with Crippen molar-refractivity contribution in [2.24, 2.45) is 11.8 Å². The van der Waals surface area contributed by atoms with Crippen molar-refractivity contribution in [1.82, 2.24) is 5.32 Å². The predicted molar refractivity (Wildman–Crippen MR) is 82.1 cm³/mol. The second-order valence-electron chi connectivity index (χ2n) is 6.06. The van der Waals surface area contributed by atoms with E-state index in [1.54, 1.807) is 0 Å². The molecule has 1 aromatic rings. The van der Waals surface area contributed by atoms with Gasteiger partial charge in [0.2, 0.25) is 5.91 Å². The number of fused-ring (bicyclic) bond motifs is 1. The lowest BCUT2D eigenvalue weighted by molar-refractivity contribution is -0.115. The Labute approximate surface area is 125 Å². The van der Waals surface area contributed by atoms with Crippen molar-refractivity contribution in [3.8, 4) is 0 Å². The van der Waals surface area contributed by atoms with Gasteiger partial charge in [-0.15, -0.1) is 0 Å². The minimum absolute atomic E-state index is 0.0612. The molecule has 0 radical (unpaired) electrons. The summed E-state index contributed by atoms with van der Waals surface area (Å²) in [7, 11) is 0. The van der Waals surface area contributed by atoms with Gasteiger partial charge in [-0.1, -0.05) is 31.5 Å². The van der Waals surface area contributed by atoms with Gasteiger partial charge in [-0.05, 0) is 48.4 Å². The van der Waals surface area contributed by atoms with Crippen LogP contribution in [0.1, 0.15) is 43.9 Å². The molecule has 1 fully saturated rings. The van der Waals surface area contributed by atoms with Crippen LogP contribution in [-0.2, 0) is 11.2 Å². The molecule has 3 atom stereocenters. The molecule has 2 N–H and O–H groups in total.